The van der Waals surface area contributed by atoms with E-state index >= 15 is 0 Å². The zero-order valence-electron chi connectivity index (χ0n) is 10.2. The fourth-order valence-corrected chi connectivity index (χ4v) is 1.93. The van der Waals surface area contributed by atoms with Crippen molar-refractivity contribution in [3.8, 4) is 0 Å². The van der Waals surface area contributed by atoms with Crippen LogP contribution in [0.4, 0.5) is 0 Å². The van der Waals surface area contributed by atoms with Crippen molar-refractivity contribution >= 4 is 0 Å². The first kappa shape index (κ1) is 12.3. The molecule has 1 aromatic heterocycles. The molecule has 3 nitrogen and oxygen atoms in total. The van der Waals surface area contributed by atoms with Gasteiger partial charge in [0, 0.05) is 12.1 Å². The van der Waals surface area contributed by atoms with Gasteiger partial charge < -0.3 is 9.73 Å². The predicted octanol–water partition coefficient (Wildman–Crippen LogP) is 2.10. The molecule has 1 N–H and O–H groups in total. The summed E-state index contributed by atoms with van der Waals surface area (Å²) in [7, 11) is 2.11. The zero-order chi connectivity index (χ0) is 11.3. The molecular weight excluding hydrogens is 188 g/mol. The van der Waals surface area contributed by atoms with Crippen LogP contribution in [-0.2, 0) is 6.54 Å². The highest BCUT2D eigenvalue weighted by Crippen LogP contribution is 2.08. The Balaban J connectivity index is 2.38. The third-order valence-electron chi connectivity index (χ3n) is 2.33. The molecule has 0 fully saturated rings. The molecule has 0 saturated carbocycles. The summed E-state index contributed by atoms with van der Waals surface area (Å²) in [6, 6.07) is 3.94. The van der Waals surface area contributed by atoms with E-state index in [0.717, 1.165) is 25.4 Å². The van der Waals surface area contributed by atoms with Crippen LogP contribution in [0.1, 0.15) is 26.5 Å². The molecule has 1 rings (SSSR count). The second kappa shape index (κ2) is 5.33. The Bertz CT molecular complexity index is 267. The first-order valence-corrected chi connectivity index (χ1v) is 5.49. The van der Waals surface area contributed by atoms with Crippen LogP contribution in [0.3, 0.4) is 0 Å². The van der Waals surface area contributed by atoms with Crippen molar-refractivity contribution in [2.45, 2.75) is 32.9 Å². The normalized spacial score (nSPS) is 12.3. The van der Waals surface area contributed by atoms with Crippen molar-refractivity contribution in [3.05, 3.63) is 24.2 Å². The minimum atomic E-state index is 0.149. The van der Waals surface area contributed by atoms with Gasteiger partial charge >= 0.3 is 0 Å². The number of likely N-dealkylation sites (N-methyl/N-ethyl adjacent to an activating group) is 2. The van der Waals surface area contributed by atoms with E-state index in [1.807, 2.05) is 12.1 Å². The van der Waals surface area contributed by atoms with Crippen LogP contribution in [0.2, 0.25) is 0 Å². The predicted molar refractivity (Wildman–Crippen MR) is 62.8 cm³/mol. The molecule has 0 radical (unpaired) electrons. The molecule has 3 heteroatoms. The standard InChI is InChI=1S/C12H22N2O/c1-5-13-12(2,3)10-14(4)9-11-7-6-8-15-11/h6-8,13H,5,9-10H2,1-4H3. The average molecular weight is 210 g/mol. The fraction of sp³-hybridized carbons (Fsp3) is 0.667. The maximum absolute atomic E-state index is 5.32. The Morgan fingerprint density at radius 1 is 1.47 bits per heavy atom. The molecule has 86 valence electrons. The lowest BCUT2D eigenvalue weighted by Gasteiger charge is -2.30. The SMILES string of the molecule is CCNC(C)(C)CN(C)Cc1ccco1. The summed E-state index contributed by atoms with van der Waals surface area (Å²) in [5.41, 5.74) is 0.149. The number of hydrogen-bond donors (Lipinski definition) is 1. The van der Waals surface area contributed by atoms with E-state index in [2.05, 4.69) is 38.0 Å². The topological polar surface area (TPSA) is 28.4 Å². The average Bonchev–Trinajstić information content (AvgIpc) is 2.54. The van der Waals surface area contributed by atoms with Gasteiger partial charge in [-0.05, 0) is 39.6 Å². The number of furan rings is 1. The van der Waals surface area contributed by atoms with E-state index in [1.165, 1.54) is 0 Å². The summed E-state index contributed by atoms with van der Waals surface area (Å²) in [4.78, 5) is 2.27. The minimum Gasteiger partial charge on any atom is -0.468 e. The molecule has 1 heterocycles. The second-order valence-electron chi connectivity index (χ2n) is 4.67. The van der Waals surface area contributed by atoms with Crippen molar-refractivity contribution in [2.75, 3.05) is 20.1 Å². The summed E-state index contributed by atoms with van der Waals surface area (Å²) in [5, 5.41) is 3.46. The van der Waals surface area contributed by atoms with Crippen molar-refractivity contribution in [3.63, 3.8) is 0 Å². The Hall–Kier alpha value is -0.800. The van der Waals surface area contributed by atoms with E-state index in [-0.39, 0.29) is 5.54 Å². The molecule has 0 aliphatic heterocycles. The number of hydrogen-bond acceptors (Lipinski definition) is 3. The first-order valence-electron chi connectivity index (χ1n) is 5.49. The van der Waals surface area contributed by atoms with Crippen LogP contribution in [0, 0.1) is 0 Å². The van der Waals surface area contributed by atoms with Gasteiger partial charge in [-0.15, -0.1) is 0 Å². The number of rotatable bonds is 6. The van der Waals surface area contributed by atoms with Crippen molar-refractivity contribution < 1.29 is 4.42 Å². The van der Waals surface area contributed by atoms with Crippen molar-refractivity contribution in [2.24, 2.45) is 0 Å². The van der Waals surface area contributed by atoms with E-state index in [0.29, 0.717) is 0 Å². The summed E-state index contributed by atoms with van der Waals surface area (Å²) in [6.45, 7) is 9.43. The molecular formula is C12H22N2O. The summed E-state index contributed by atoms with van der Waals surface area (Å²) >= 11 is 0. The Morgan fingerprint density at radius 3 is 2.73 bits per heavy atom. The maximum Gasteiger partial charge on any atom is 0.117 e. The highest BCUT2D eigenvalue weighted by molar-refractivity contribution is 4.98. The Kier molecular flexibility index (Phi) is 4.36. The molecule has 0 atom stereocenters. The van der Waals surface area contributed by atoms with E-state index in [9.17, 15) is 0 Å². The minimum absolute atomic E-state index is 0.149. The summed E-state index contributed by atoms with van der Waals surface area (Å²) in [6.07, 6.45) is 1.72. The van der Waals surface area contributed by atoms with E-state index < -0.39 is 0 Å². The van der Waals surface area contributed by atoms with Gasteiger partial charge in [0.1, 0.15) is 5.76 Å². The zero-order valence-corrected chi connectivity index (χ0v) is 10.2. The lowest BCUT2D eigenvalue weighted by Crippen LogP contribution is -2.47. The molecule has 0 saturated heterocycles. The third kappa shape index (κ3) is 4.49. The molecule has 0 aliphatic carbocycles. The van der Waals surface area contributed by atoms with Crippen molar-refractivity contribution in [1.29, 1.82) is 0 Å². The quantitative estimate of drug-likeness (QED) is 0.779. The number of nitrogens with one attached hydrogen (secondary N) is 1. The van der Waals surface area contributed by atoms with Gasteiger partial charge in [0.15, 0.2) is 0 Å². The smallest absolute Gasteiger partial charge is 0.117 e. The lowest BCUT2D eigenvalue weighted by atomic mass is 10.1. The third-order valence-corrected chi connectivity index (χ3v) is 2.33. The monoisotopic (exact) mass is 210 g/mol. The van der Waals surface area contributed by atoms with Crippen LogP contribution in [-0.4, -0.2) is 30.6 Å². The molecule has 1 aromatic rings. The van der Waals surface area contributed by atoms with Crippen LogP contribution >= 0.6 is 0 Å². The van der Waals surface area contributed by atoms with Gasteiger partial charge in [-0.25, -0.2) is 0 Å². The molecule has 0 amide bonds. The van der Waals surface area contributed by atoms with Crippen molar-refractivity contribution in [1.82, 2.24) is 10.2 Å². The van der Waals surface area contributed by atoms with Gasteiger partial charge in [-0.1, -0.05) is 6.92 Å². The van der Waals surface area contributed by atoms with E-state index in [1.54, 1.807) is 6.26 Å². The van der Waals surface area contributed by atoms with Gasteiger partial charge in [-0.2, -0.15) is 0 Å². The fourth-order valence-electron chi connectivity index (χ4n) is 1.93. The lowest BCUT2D eigenvalue weighted by molar-refractivity contribution is 0.218. The highest BCUT2D eigenvalue weighted by atomic mass is 16.3. The van der Waals surface area contributed by atoms with Crippen LogP contribution in [0.25, 0.3) is 0 Å². The summed E-state index contributed by atoms with van der Waals surface area (Å²) < 4.78 is 5.32. The van der Waals surface area contributed by atoms with Gasteiger partial charge in [-0.3, -0.25) is 4.90 Å². The first-order chi connectivity index (χ1) is 7.03. The largest absolute Gasteiger partial charge is 0.468 e. The van der Waals surface area contributed by atoms with Gasteiger partial charge in [0.05, 0.1) is 12.8 Å². The highest BCUT2D eigenvalue weighted by Gasteiger charge is 2.18. The molecule has 0 bridgehead atoms. The second-order valence-corrected chi connectivity index (χ2v) is 4.67. The molecule has 0 spiro atoms. The molecule has 0 aliphatic rings. The Morgan fingerprint density at radius 2 is 2.20 bits per heavy atom. The molecule has 0 aromatic carbocycles. The maximum atomic E-state index is 5.32. The van der Waals surface area contributed by atoms with Crippen LogP contribution < -0.4 is 5.32 Å². The molecule has 0 unspecified atom stereocenters. The van der Waals surface area contributed by atoms with Gasteiger partial charge in [0.25, 0.3) is 0 Å². The van der Waals surface area contributed by atoms with Gasteiger partial charge in [0.2, 0.25) is 0 Å². The molecule has 15 heavy (non-hydrogen) atoms. The van der Waals surface area contributed by atoms with E-state index in [4.69, 9.17) is 4.42 Å². The van der Waals surface area contributed by atoms with Crippen LogP contribution in [0.5, 0.6) is 0 Å². The Labute approximate surface area is 92.5 Å². The number of nitrogens with zero attached hydrogens (tertiary/aromatic N) is 1. The summed E-state index contributed by atoms with van der Waals surface area (Å²) in [5.74, 6) is 1.02. The van der Waals surface area contributed by atoms with Crippen LogP contribution in [0.15, 0.2) is 22.8 Å².